The van der Waals surface area contributed by atoms with Crippen molar-refractivity contribution in [2.24, 2.45) is 0 Å². The van der Waals surface area contributed by atoms with Crippen LogP contribution >= 0.6 is 11.6 Å². The molecule has 0 unspecified atom stereocenters. The van der Waals surface area contributed by atoms with Gasteiger partial charge in [0, 0.05) is 36.9 Å². The summed E-state index contributed by atoms with van der Waals surface area (Å²) in [5.41, 5.74) is 2.08. The number of esters is 1. The smallest absolute Gasteiger partial charge is 0.347 e. The van der Waals surface area contributed by atoms with Gasteiger partial charge < -0.3 is 19.3 Å². The fourth-order valence-electron chi connectivity index (χ4n) is 3.17. The lowest BCUT2D eigenvalue weighted by Gasteiger charge is -2.36. The number of piperazine rings is 1. The Hall–Kier alpha value is -2.73. The lowest BCUT2D eigenvalue weighted by molar-refractivity contribution is -0.157. The molecule has 1 fully saturated rings. The summed E-state index contributed by atoms with van der Waals surface area (Å²) in [6.07, 6.45) is -0.788. The molecule has 0 N–H and O–H groups in total. The summed E-state index contributed by atoms with van der Waals surface area (Å²) in [6, 6.07) is 15.1. The zero-order chi connectivity index (χ0) is 20.8. The number of anilines is 1. The highest BCUT2D eigenvalue weighted by Gasteiger charge is 2.24. The number of amides is 1. The van der Waals surface area contributed by atoms with Crippen molar-refractivity contribution in [1.82, 2.24) is 4.90 Å². The molecule has 2 aromatic carbocycles. The maximum Gasteiger partial charge on any atom is 0.347 e. The maximum atomic E-state index is 12.4. The Balaban J connectivity index is 1.43. The number of aryl methyl sites for hydroxylation is 1. The average molecular weight is 417 g/mol. The predicted octanol–water partition coefficient (Wildman–Crippen LogP) is 3.31. The largest absolute Gasteiger partial charge is 0.479 e. The molecule has 1 heterocycles. The van der Waals surface area contributed by atoms with Crippen molar-refractivity contribution in [3.05, 3.63) is 59.1 Å². The van der Waals surface area contributed by atoms with Crippen LogP contribution in [-0.4, -0.2) is 55.7 Å². The van der Waals surface area contributed by atoms with Gasteiger partial charge >= 0.3 is 5.97 Å². The molecule has 0 aromatic heterocycles. The molecule has 6 nitrogen and oxygen atoms in total. The molecule has 0 saturated carbocycles. The molecule has 3 rings (SSSR count). The van der Waals surface area contributed by atoms with Gasteiger partial charge in [0.1, 0.15) is 5.75 Å². The van der Waals surface area contributed by atoms with Crippen LogP contribution < -0.4 is 9.64 Å². The third-order valence-electron chi connectivity index (χ3n) is 4.78. The van der Waals surface area contributed by atoms with E-state index in [9.17, 15) is 9.59 Å². The van der Waals surface area contributed by atoms with Gasteiger partial charge in [0.2, 0.25) is 0 Å². The number of hydrogen-bond donors (Lipinski definition) is 0. The van der Waals surface area contributed by atoms with Gasteiger partial charge in [-0.2, -0.15) is 0 Å². The van der Waals surface area contributed by atoms with Crippen molar-refractivity contribution in [2.45, 2.75) is 20.0 Å². The normalized spacial score (nSPS) is 15.0. The molecule has 2 aromatic rings. The Morgan fingerprint density at radius 1 is 1.07 bits per heavy atom. The van der Waals surface area contributed by atoms with E-state index in [1.54, 1.807) is 17.9 Å². The first kappa shape index (κ1) is 21.0. The first-order valence-corrected chi connectivity index (χ1v) is 9.98. The molecular weight excluding hydrogens is 392 g/mol. The molecule has 29 heavy (non-hydrogen) atoms. The van der Waals surface area contributed by atoms with Crippen LogP contribution in [0, 0.1) is 6.92 Å². The molecular formula is C22H25ClN2O4. The van der Waals surface area contributed by atoms with Crippen LogP contribution in [0.15, 0.2) is 48.5 Å². The minimum atomic E-state index is -0.788. The lowest BCUT2D eigenvalue weighted by Crippen LogP contribution is -2.50. The van der Waals surface area contributed by atoms with Crippen LogP contribution in [0.5, 0.6) is 5.75 Å². The Morgan fingerprint density at radius 3 is 2.48 bits per heavy atom. The van der Waals surface area contributed by atoms with Gasteiger partial charge in [-0.25, -0.2) is 4.79 Å². The summed E-state index contributed by atoms with van der Waals surface area (Å²) < 4.78 is 10.8. The summed E-state index contributed by atoms with van der Waals surface area (Å²) in [5, 5.41) is 0.690. The Kier molecular flexibility index (Phi) is 6.99. The van der Waals surface area contributed by atoms with Crippen molar-refractivity contribution >= 4 is 29.2 Å². The highest BCUT2D eigenvalue weighted by atomic mass is 35.5. The molecule has 0 bridgehead atoms. The monoisotopic (exact) mass is 416 g/mol. The number of nitrogens with zero attached hydrogens (tertiary/aromatic N) is 2. The minimum absolute atomic E-state index is 0.202. The first-order chi connectivity index (χ1) is 13.9. The van der Waals surface area contributed by atoms with E-state index in [1.807, 2.05) is 49.4 Å². The fraction of sp³-hybridized carbons (Fsp3) is 0.364. The van der Waals surface area contributed by atoms with E-state index in [0.717, 1.165) is 11.3 Å². The van der Waals surface area contributed by atoms with Crippen molar-refractivity contribution in [3.8, 4) is 5.75 Å². The van der Waals surface area contributed by atoms with Gasteiger partial charge in [-0.3, -0.25) is 4.79 Å². The summed E-state index contributed by atoms with van der Waals surface area (Å²) in [6.45, 7) is 5.81. The molecule has 1 amide bonds. The number of ether oxygens (including phenoxy) is 2. The fourth-order valence-corrected chi connectivity index (χ4v) is 3.35. The molecule has 154 valence electrons. The highest BCUT2D eigenvalue weighted by Crippen LogP contribution is 2.21. The van der Waals surface area contributed by atoms with Gasteiger partial charge in [-0.05, 0) is 49.7 Å². The number of rotatable bonds is 6. The van der Waals surface area contributed by atoms with E-state index in [2.05, 4.69) is 4.90 Å². The predicted molar refractivity (Wildman–Crippen MR) is 112 cm³/mol. The van der Waals surface area contributed by atoms with Gasteiger partial charge in [0.15, 0.2) is 12.7 Å². The summed E-state index contributed by atoms with van der Waals surface area (Å²) >= 11 is 6.05. The minimum Gasteiger partial charge on any atom is -0.479 e. The summed E-state index contributed by atoms with van der Waals surface area (Å²) in [4.78, 5) is 28.4. The highest BCUT2D eigenvalue weighted by molar-refractivity contribution is 6.30. The Bertz CT molecular complexity index is 865. The number of benzene rings is 2. The average Bonchev–Trinajstić information content (AvgIpc) is 2.72. The quantitative estimate of drug-likeness (QED) is 0.676. The zero-order valence-electron chi connectivity index (χ0n) is 16.6. The molecule has 1 atom stereocenters. The standard InChI is InChI=1S/C22H25ClN2O4/c1-16-5-3-8-20(13-16)29-17(2)22(27)28-15-21(26)25-11-9-24(10-12-25)19-7-4-6-18(23)14-19/h3-8,13-14,17H,9-12,15H2,1-2H3/t17-/m0/s1. The van der Waals surface area contributed by atoms with Crippen LogP contribution in [0.25, 0.3) is 0 Å². The Labute approximate surface area is 176 Å². The van der Waals surface area contributed by atoms with Crippen LogP contribution in [-0.2, 0) is 14.3 Å². The van der Waals surface area contributed by atoms with E-state index in [0.29, 0.717) is 37.0 Å². The van der Waals surface area contributed by atoms with Gasteiger partial charge in [0.05, 0.1) is 0 Å². The number of carbonyl (C=O) groups is 2. The molecule has 0 radical (unpaired) electrons. The van der Waals surface area contributed by atoms with E-state index in [4.69, 9.17) is 21.1 Å². The van der Waals surface area contributed by atoms with Crippen molar-refractivity contribution in [2.75, 3.05) is 37.7 Å². The van der Waals surface area contributed by atoms with Crippen molar-refractivity contribution in [3.63, 3.8) is 0 Å². The third-order valence-corrected chi connectivity index (χ3v) is 5.01. The third kappa shape index (κ3) is 5.87. The molecule has 7 heteroatoms. The van der Waals surface area contributed by atoms with Crippen LogP contribution in [0.3, 0.4) is 0 Å². The topological polar surface area (TPSA) is 59.1 Å². The van der Waals surface area contributed by atoms with E-state index in [1.165, 1.54) is 0 Å². The molecule has 0 spiro atoms. The second-order valence-electron chi connectivity index (χ2n) is 7.03. The SMILES string of the molecule is Cc1cccc(O[C@@H](C)C(=O)OCC(=O)N2CCN(c3cccc(Cl)c3)CC2)c1. The summed E-state index contributed by atoms with van der Waals surface area (Å²) in [7, 11) is 0. The van der Waals surface area contributed by atoms with Crippen LogP contribution in [0.4, 0.5) is 5.69 Å². The number of carbonyl (C=O) groups excluding carboxylic acids is 2. The molecule has 1 saturated heterocycles. The van der Waals surface area contributed by atoms with Crippen molar-refractivity contribution < 1.29 is 19.1 Å². The van der Waals surface area contributed by atoms with Gasteiger partial charge in [-0.15, -0.1) is 0 Å². The molecule has 1 aliphatic rings. The van der Waals surface area contributed by atoms with E-state index in [-0.39, 0.29) is 12.5 Å². The number of halogens is 1. The molecule has 0 aliphatic carbocycles. The van der Waals surface area contributed by atoms with Crippen LogP contribution in [0.2, 0.25) is 5.02 Å². The molecule has 1 aliphatic heterocycles. The van der Waals surface area contributed by atoms with E-state index >= 15 is 0 Å². The maximum absolute atomic E-state index is 12.4. The zero-order valence-corrected chi connectivity index (χ0v) is 17.4. The number of hydrogen-bond acceptors (Lipinski definition) is 5. The Morgan fingerprint density at radius 2 is 1.79 bits per heavy atom. The lowest BCUT2D eigenvalue weighted by atomic mass is 10.2. The van der Waals surface area contributed by atoms with E-state index < -0.39 is 12.1 Å². The summed E-state index contributed by atoms with van der Waals surface area (Å²) in [5.74, 6) is -0.165. The van der Waals surface area contributed by atoms with Gasteiger partial charge in [0.25, 0.3) is 5.91 Å². The van der Waals surface area contributed by atoms with Crippen molar-refractivity contribution in [1.29, 1.82) is 0 Å². The second-order valence-corrected chi connectivity index (χ2v) is 7.47. The van der Waals surface area contributed by atoms with Gasteiger partial charge in [-0.1, -0.05) is 29.8 Å². The second kappa shape index (κ2) is 9.65. The van der Waals surface area contributed by atoms with Crippen LogP contribution in [0.1, 0.15) is 12.5 Å². The first-order valence-electron chi connectivity index (χ1n) is 9.60.